The Kier molecular flexibility index (Phi) is 6.11. The highest BCUT2D eigenvalue weighted by Gasteiger charge is 2.24. The molecule has 2 heterocycles. The number of rotatable bonds is 7. The molecule has 1 N–H and O–H groups in total. The van der Waals surface area contributed by atoms with E-state index in [4.69, 9.17) is 4.74 Å². The predicted molar refractivity (Wildman–Crippen MR) is 107 cm³/mol. The van der Waals surface area contributed by atoms with Gasteiger partial charge in [0.05, 0.1) is 7.11 Å². The molecule has 144 valence electrons. The van der Waals surface area contributed by atoms with Crippen LogP contribution in [0, 0.1) is 20.8 Å². The van der Waals surface area contributed by atoms with E-state index >= 15 is 0 Å². The van der Waals surface area contributed by atoms with Gasteiger partial charge in [0.15, 0.2) is 0 Å². The van der Waals surface area contributed by atoms with Crippen molar-refractivity contribution in [2.75, 3.05) is 13.7 Å². The van der Waals surface area contributed by atoms with Crippen molar-refractivity contribution in [3.05, 3.63) is 58.4 Å². The number of aromatic nitrogens is 1. The van der Waals surface area contributed by atoms with Crippen LogP contribution in [0.5, 0.6) is 5.75 Å². The third-order valence-electron chi connectivity index (χ3n) is 5.53. The van der Waals surface area contributed by atoms with Crippen LogP contribution < -0.4 is 10.1 Å². The molecule has 1 atom stereocenters. The number of carbonyl (C=O) groups excluding carboxylic acids is 1. The lowest BCUT2D eigenvalue weighted by atomic mass is 9.96. The van der Waals surface area contributed by atoms with E-state index in [0.717, 1.165) is 31.8 Å². The topological polar surface area (TPSA) is 54.5 Å². The summed E-state index contributed by atoms with van der Waals surface area (Å²) >= 11 is 0. The predicted octanol–water partition coefficient (Wildman–Crippen LogP) is 3.30. The summed E-state index contributed by atoms with van der Waals surface area (Å²) in [5.41, 5.74) is 6.28. The molecule has 0 unspecified atom stereocenters. The molecule has 1 aromatic heterocycles. The maximum Gasteiger partial charge on any atom is 0.220 e. The van der Waals surface area contributed by atoms with Gasteiger partial charge in [-0.2, -0.15) is 0 Å². The minimum atomic E-state index is 0.163. The Morgan fingerprint density at radius 2 is 1.93 bits per heavy atom. The summed E-state index contributed by atoms with van der Waals surface area (Å²) in [7, 11) is 1.72. The second kappa shape index (κ2) is 8.53. The Balaban J connectivity index is 1.84. The number of carbonyl (C=O) groups is 1. The van der Waals surface area contributed by atoms with Crippen LogP contribution in [0.4, 0.5) is 0 Å². The summed E-state index contributed by atoms with van der Waals surface area (Å²) in [4.78, 5) is 18.2. The molecule has 1 aromatic carbocycles. The van der Waals surface area contributed by atoms with Crippen LogP contribution in [-0.4, -0.2) is 35.5 Å². The number of pyridine rings is 1. The van der Waals surface area contributed by atoms with E-state index in [2.05, 4.69) is 54.2 Å². The largest absolute Gasteiger partial charge is 0.496 e. The van der Waals surface area contributed by atoms with Crippen molar-refractivity contribution in [3.8, 4) is 5.75 Å². The quantitative estimate of drug-likeness (QED) is 0.816. The molecule has 5 nitrogen and oxygen atoms in total. The Labute approximate surface area is 161 Å². The number of hydrogen-bond donors (Lipinski definition) is 1. The van der Waals surface area contributed by atoms with Crippen LogP contribution in [0.3, 0.4) is 0 Å². The fraction of sp³-hybridized carbons (Fsp3) is 0.455. The molecular formula is C22H29N3O2. The molecule has 0 aliphatic carbocycles. The third-order valence-corrected chi connectivity index (χ3v) is 5.53. The number of nitrogens with one attached hydrogen (secondary N) is 1. The van der Waals surface area contributed by atoms with Crippen LogP contribution in [0.15, 0.2) is 30.6 Å². The number of hydrogen-bond acceptors (Lipinski definition) is 4. The SMILES string of the molecule is COc1cc(C)c(CN(Cc2ccncc2)C[C@@H]2CCC(=O)N2)c(C)c1C. The van der Waals surface area contributed by atoms with Gasteiger partial charge in [0, 0.05) is 44.5 Å². The minimum absolute atomic E-state index is 0.163. The third kappa shape index (κ3) is 4.66. The number of ether oxygens (including phenoxy) is 1. The lowest BCUT2D eigenvalue weighted by Crippen LogP contribution is -2.38. The Morgan fingerprint density at radius 3 is 2.56 bits per heavy atom. The van der Waals surface area contributed by atoms with Crippen molar-refractivity contribution in [2.24, 2.45) is 0 Å². The molecule has 5 heteroatoms. The van der Waals surface area contributed by atoms with E-state index in [1.54, 1.807) is 7.11 Å². The van der Waals surface area contributed by atoms with Crippen LogP contribution >= 0.6 is 0 Å². The monoisotopic (exact) mass is 367 g/mol. The van der Waals surface area contributed by atoms with Crippen molar-refractivity contribution in [1.82, 2.24) is 15.2 Å². The summed E-state index contributed by atoms with van der Waals surface area (Å²) < 4.78 is 5.51. The molecule has 1 amide bonds. The van der Waals surface area contributed by atoms with Crippen LogP contribution in [0.2, 0.25) is 0 Å². The molecule has 2 aromatic rings. The van der Waals surface area contributed by atoms with Gasteiger partial charge in [-0.25, -0.2) is 0 Å². The van der Waals surface area contributed by atoms with E-state index < -0.39 is 0 Å². The second-order valence-electron chi connectivity index (χ2n) is 7.45. The first-order valence-corrected chi connectivity index (χ1v) is 9.52. The average molecular weight is 367 g/mol. The van der Waals surface area contributed by atoms with Gasteiger partial charge in [0.1, 0.15) is 5.75 Å². The molecule has 27 heavy (non-hydrogen) atoms. The average Bonchev–Trinajstić information content (AvgIpc) is 3.07. The first-order chi connectivity index (χ1) is 13.0. The number of aryl methyl sites for hydroxylation is 1. The highest BCUT2D eigenvalue weighted by molar-refractivity contribution is 5.78. The molecule has 0 bridgehead atoms. The molecule has 0 saturated carbocycles. The fourth-order valence-corrected chi connectivity index (χ4v) is 3.84. The summed E-state index contributed by atoms with van der Waals surface area (Å²) in [6.45, 7) is 8.95. The summed E-state index contributed by atoms with van der Waals surface area (Å²) in [6.07, 6.45) is 5.20. The standard InChI is InChI=1S/C22H29N3O2/c1-15-11-21(27-4)17(3)16(2)20(15)14-25(12-18-7-9-23-10-8-18)13-19-5-6-22(26)24-19/h7-11,19H,5-6,12-14H2,1-4H3,(H,24,26)/t19-/m0/s1. The van der Waals surface area contributed by atoms with E-state index in [9.17, 15) is 4.79 Å². The molecular weight excluding hydrogens is 338 g/mol. The lowest BCUT2D eigenvalue weighted by molar-refractivity contribution is -0.119. The molecule has 3 rings (SSSR count). The number of nitrogens with zero attached hydrogens (tertiary/aromatic N) is 2. The number of amides is 1. The smallest absolute Gasteiger partial charge is 0.220 e. The first kappa shape index (κ1) is 19.4. The first-order valence-electron chi connectivity index (χ1n) is 9.52. The van der Waals surface area contributed by atoms with Crippen molar-refractivity contribution in [2.45, 2.75) is 52.7 Å². The molecule has 1 aliphatic heterocycles. The van der Waals surface area contributed by atoms with Gasteiger partial charge >= 0.3 is 0 Å². The van der Waals surface area contributed by atoms with E-state index in [-0.39, 0.29) is 11.9 Å². The normalized spacial score (nSPS) is 16.6. The van der Waals surface area contributed by atoms with E-state index in [0.29, 0.717) is 6.42 Å². The summed E-state index contributed by atoms with van der Waals surface area (Å²) in [5.74, 6) is 1.11. The Hall–Kier alpha value is -2.40. The van der Waals surface area contributed by atoms with E-state index in [1.807, 2.05) is 12.4 Å². The van der Waals surface area contributed by atoms with Crippen molar-refractivity contribution in [3.63, 3.8) is 0 Å². The molecule has 1 aliphatic rings. The molecule has 1 saturated heterocycles. The summed E-state index contributed by atoms with van der Waals surface area (Å²) in [6, 6.07) is 6.46. The van der Waals surface area contributed by atoms with Crippen LogP contribution in [0.25, 0.3) is 0 Å². The lowest BCUT2D eigenvalue weighted by Gasteiger charge is -2.28. The highest BCUT2D eigenvalue weighted by Crippen LogP contribution is 2.29. The Bertz CT molecular complexity index is 805. The highest BCUT2D eigenvalue weighted by atomic mass is 16.5. The number of benzene rings is 1. The maximum absolute atomic E-state index is 11.6. The maximum atomic E-state index is 11.6. The zero-order valence-electron chi connectivity index (χ0n) is 16.7. The van der Waals surface area contributed by atoms with Gasteiger partial charge in [0.25, 0.3) is 0 Å². The minimum Gasteiger partial charge on any atom is -0.496 e. The van der Waals surface area contributed by atoms with Crippen molar-refractivity contribution in [1.29, 1.82) is 0 Å². The Morgan fingerprint density at radius 1 is 1.19 bits per heavy atom. The van der Waals surface area contributed by atoms with Gasteiger partial charge < -0.3 is 10.1 Å². The summed E-state index contributed by atoms with van der Waals surface area (Å²) in [5, 5.41) is 3.10. The fourth-order valence-electron chi connectivity index (χ4n) is 3.84. The molecule has 0 spiro atoms. The van der Waals surface area contributed by atoms with Crippen LogP contribution in [0.1, 0.15) is 40.7 Å². The van der Waals surface area contributed by atoms with Gasteiger partial charge in [-0.3, -0.25) is 14.7 Å². The van der Waals surface area contributed by atoms with Crippen molar-refractivity contribution >= 4 is 5.91 Å². The molecule has 1 fully saturated rings. The van der Waals surface area contributed by atoms with Gasteiger partial charge in [0.2, 0.25) is 5.91 Å². The molecule has 0 radical (unpaired) electrons. The zero-order valence-corrected chi connectivity index (χ0v) is 16.7. The van der Waals surface area contributed by atoms with Gasteiger partial charge in [-0.05, 0) is 73.2 Å². The van der Waals surface area contributed by atoms with Crippen molar-refractivity contribution < 1.29 is 9.53 Å². The van der Waals surface area contributed by atoms with Gasteiger partial charge in [-0.1, -0.05) is 0 Å². The zero-order chi connectivity index (χ0) is 19.4. The number of methoxy groups -OCH3 is 1. The van der Waals surface area contributed by atoms with Gasteiger partial charge in [-0.15, -0.1) is 0 Å². The van der Waals surface area contributed by atoms with Crippen LogP contribution in [-0.2, 0) is 17.9 Å². The second-order valence-corrected chi connectivity index (χ2v) is 7.45. The van der Waals surface area contributed by atoms with E-state index in [1.165, 1.54) is 27.8 Å².